The Hall–Kier alpha value is -1.11. The summed E-state index contributed by atoms with van der Waals surface area (Å²) in [6.45, 7) is 1.81. The van der Waals surface area contributed by atoms with Gasteiger partial charge in [0.25, 0.3) is 5.91 Å². The van der Waals surface area contributed by atoms with E-state index in [1.165, 1.54) is 0 Å². The zero-order valence-corrected chi connectivity index (χ0v) is 10.9. The number of carbonyl (C=O) groups excluding carboxylic acids is 1. The number of rotatable bonds is 4. The minimum Gasteiger partial charge on any atom is -0.377 e. The first-order valence-corrected chi connectivity index (χ1v) is 6.19. The summed E-state index contributed by atoms with van der Waals surface area (Å²) in [5.74, 6) is 0.736. The summed E-state index contributed by atoms with van der Waals surface area (Å²) in [7, 11) is 1.55. The second-order valence-corrected chi connectivity index (χ2v) is 4.32. The molecule has 6 nitrogen and oxygen atoms in total. The molecule has 7 heteroatoms. The van der Waals surface area contributed by atoms with E-state index in [9.17, 15) is 4.79 Å². The number of alkyl halides is 1. The lowest BCUT2D eigenvalue weighted by molar-refractivity contribution is -0.0111. The van der Waals surface area contributed by atoms with E-state index in [2.05, 4.69) is 5.16 Å². The molecule has 0 radical (unpaired) electrons. The Bertz CT molecular complexity index is 410. The first-order valence-electron chi connectivity index (χ1n) is 5.66. The minimum atomic E-state index is -0.167. The van der Waals surface area contributed by atoms with Crippen molar-refractivity contribution < 1.29 is 18.8 Å². The lowest BCUT2D eigenvalue weighted by atomic mass is 10.2. The third-order valence-electron chi connectivity index (χ3n) is 2.66. The van der Waals surface area contributed by atoms with E-state index in [4.69, 9.17) is 25.6 Å². The van der Waals surface area contributed by atoms with Crippen molar-refractivity contribution in [1.29, 1.82) is 0 Å². The molecule has 1 aromatic rings. The van der Waals surface area contributed by atoms with Crippen molar-refractivity contribution in [1.82, 2.24) is 10.1 Å². The van der Waals surface area contributed by atoms with Gasteiger partial charge in [-0.2, -0.15) is 0 Å². The van der Waals surface area contributed by atoms with Crippen molar-refractivity contribution in [2.24, 2.45) is 0 Å². The molecule has 0 aromatic carbocycles. The first-order chi connectivity index (χ1) is 8.74. The van der Waals surface area contributed by atoms with Gasteiger partial charge in [-0.15, -0.1) is 11.6 Å². The molecule has 1 aliphatic heterocycles. The Labute approximate surface area is 110 Å². The zero-order chi connectivity index (χ0) is 13.0. The summed E-state index contributed by atoms with van der Waals surface area (Å²) in [6.07, 6.45) is -0.116. The van der Waals surface area contributed by atoms with E-state index < -0.39 is 0 Å². The molecule has 18 heavy (non-hydrogen) atoms. The van der Waals surface area contributed by atoms with Crippen LogP contribution in [0, 0.1) is 0 Å². The second-order valence-electron chi connectivity index (χ2n) is 4.01. The van der Waals surface area contributed by atoms with Gasteiger partial charge in [0, 0.05) is 26.3 Å². The van der Waals surface area contributed by atoms with Crippen LogP contribution in [0.25, 0.3) is 0 Å². The Balaban J connectivity index is 2.00. The number of carbonyl (C=O) groups is 1. The van der Waals surface area contributed by atoms with Crippen LogP contribution in [0.1, 0.15) is 16.2 Å². The van der Waals surface area contributed by atoms with Crippen LogP contribution in [0.3, 0.4) is 0 Å². The van der Waals surface area contributed by atoms with Gasteiger partial charge in [-0.05, 0) is 0 Å². The SMILES string of the molecule is COCc1cc(C(=O)N2CCOC(CCl)C2)no1. The molecular formula is C11H15ClN2O4. The van der Waals surface area contributed by atoms with E-state index in [0.29, 0.717) is 37.9 Å². The summed E-state index contributed by atoms with van der Waals surface area (Å²) in [6, 6.07) is 1.59. The monoisotopic (exact) mass is 274 g/mol. The highest BCUT2D eigenvalue weighted by Crippen LogP contribution is 2.12. The summed E-state index contributed by atoms with van der Waals surface area (Å²) in [4.78, 5) is 13.8. The van der Waals surface area contributed by atoms with E-state index in [-0.39, 0.29) is 17.7 Å². The molecule has 0 aliphatic carbocycles. The minimum absolute atomic E-state index is 0.116. The smallest absolute Gasteiger partial charge is 0.276 e. The van der Waals surface area contributed by atoms with E-state index >= 15 is 0 Å². The van der Waals surface area contributed by atoms with Gasteiger partial charge >= 0.3 is 0 Å². The lowest BCUT2D eigenvalue weighted by Crippen LogP contribution is -2.46. The van der Waals surface area contributed by atoms with Crippen LogP contribution in [-0.2, 0) is 16.1 Å². The van der Waals surface area contributed by atoms with Gasteiger partial charge in [0.1, 0.15) is 6.61 Å². The highest BCUT2D eigenvalue weighted by atomic mass is 35.5. The quantitative estimate of drug-likeness (QED) is 0.764. The zero-order valence-electron chi connectivity index (χ0n) is 10.1. The van der Waals surface area contributed by atoms with Crippen molar-refractivity contribution >= 4 is 17.5 Å². The summed E-state index contributed by atoms with van der Waals surface area (Å²) < 4.78 is 15.3. The van der Waals surface area contributed by atoms with Crippen LogP contribution in [0.15, 0.2) is 10.6 Å². The Morgan fingerprint density at radius 2 is 2.56 bits per heavy atom. The maximum atomic E-state index is 12.1. The van der Waals surface area contributed by atoms with Gasteiger partial charge in [-0.3, -0.25) is 4.79 Å². The van der Waals surface area contributed by atoms with Gasteiger partial charge in [0.2, 0.25) is 0 Å². The number of halogens is 1. The maximum Gasteiger partial charge on any atom is 0.276 e. The lowest BCUT2D eigenvalue weighted by Gasteiger charge is -2.31. The van der Waals surface area contributed by atoms with Crippen LogP contribution in [0.4, 0.5) is 0 Å². The average Bonchev–Trinajstić information content (AvgIpc) is 2.87. The van der Waals surface area contributed by atoms with Crippen LogP contribution < -0.4 is 0 Å². The largest absolute Gasteiger partial charge is 0.377 e. The van der Waals surface area contributed by atoms with E-state index in [0.717, 1.165) is 0 Å². The second kappa shape index (κ2) is 6.17. The van der Waals surface area contributed by atoms with E-state index in [1.807, 2.05) is 0 Å². The number of amides is 1. The predicted octanol–water partition coefficient (Wildman–Crippen LogP) is 0.901. The van der Waals surface area contributed by atoms with Crippen LogP contribution in [0.5, 0.6) is 0 Å². The molecule has 1 atom stereocenters. The number of hydrogen-bond acceptors (Lipinski definition) is 5. The Morgan fingerprint density at radius 3 is 3.28 bits per heavy atom. The highest BCUT2D eigenvalue weighted by molar-refractivity contribution is 6.18. The molecule has 1 aliphatic rings. The number of hydrogen-bond donors (Lipinski definition) is 0. The molecule has 0 saturated carbocycles. The molecule has 1 amide bonds. The highest BCUT2D eigenvalue weighted by Gasteiger charge is 2.26. The average molecular weight is 275 g/mol. The molecule has 0 spiro atoms. The molecule has 2 rings (SSSR count). The fraction of sp³-hybridized carbons (Fsp3) is 0.636. The molecule has 100 valence electrons. The molecule has 2 heterocycles. The van der Waals surface area contributed by atoms with Crippen molar-refractivity contribution in [2.45, 2.75) is 12.7 Å². The maximum absolute atomic E-state index is 12.1. The molecule has 1 fully saturated rings. The van der Waals surface area contributed by atoms with Crippen molar-refractivity contribution in [2.75, 3.05) is 32.7 Å². The molecule has 0 bridgehead atoms. The molecule has 1 unspecified atom stereocenters. The Morgan fingerprint density at radius 1 is 1.72 bits per heavy atom. The number of methoxy groups -OCH3 is 1. The summed E-state index contributed by atoms with van der Waals surface area (Å²) >= 11 is 5.73. The Kier molecular flexibility index (Phi) is 4.57. The van der Waals surface area contributed by atoms with Gasteiger partial charge in [0.15, 0.2) is 11.5 Å². The summed E-state index contributed by atoms with van der Waals surface area (Å²) in [5, 5.41) is 3.74. The van der Waals surface area contributed by atoms with E-state index in [1.54, 1.807) is 18.1 Å². The van der Waals surface area contributed by atoms with Crippen LogP contribution in [0.2, 0.25) is 0 Å². The third kappa shape index (κ3) is 3.01. The third-order valence-corrected chi connectivity index (χ3v) is 3.01. The van der Waals surface area contributed by atoms with Crippen LogP contribution in [-0.4, -0.2) is 54.8 Å². The number of aromatic nitrogens is 1. The summed E-state index contributed by atoms with van der Waals surface area (Å²) in [5.41, 5.74) is 0.289. The van der Waals surface area contributed by atoms with Gasteiger partial charge in [-0.1, -0.05) is 5.16 Å². The van der Waals surface area contributed by atoms with Gasteiger partial charge in [0.05, 0.1) is 18.6 Å². The van der Waals surface area contributed by atoms with Crippen molar-refractivity contribution in [3.63, 3.8) is 0 Å². The fourth-order valence-corrected chi connectivity index (χ4v) is 1.97. The van der Waals surface area contributed by atoms with Crippen LogP contribution >= 0.6 is 11.6 Å². The van der Waals surface area contributed by atoms with Gasteiger partial charge in [-0.25, -0.2) is 0 Å². The number of ether oxygens (including phenoxy) is 2. The normalized spacial score (nSPS) is 20.1. The van der Waals surface area contributed by atoms with Gasteiger partial charge < -0.3 is 18.9 Å². The molecule has 1 saturated heterocycles. The fourth-order valence-electron chi connectivity index (χ4n) is 1.78. The van der Waals surface area contributed by atoms with Crippen molar-refractivity contribution in [3.05, 3.63) is 17.5 Å². The standard InChI is InChI=1S/C11H15ClN2O4/c1-16-7-8-4-10(13-18-8)11(15)14-2-3-17-9(5-12)6-14/h4,9H,2-3,5-7H2,1H3. The predicted molar refractivity (Wildman–Crippen MR) is 63.6 cm³/mol. The topological polar surface area (TPSA) is 64.8 Å². The number of nitrogens with zero attached hydrogens (tertiary/aromatic N) is 2. The molecule has 1 aromatic heterocycles. The molecular weight excluding hydrogens is 260 g/mol. The van der Waals surface area contributed by atoms with Crippen molar-refractivity contribution in [3.8, 4) is 0 Å². The molecule has 0 N–H and O–H groups in total. The first kappa shape index (κ1) is 13.3. The number of morpholine rings is 1.